The van der Waals surface area contributed by atoms with Gasteiger partial charge < -0.3 is 36.2 Å². The molecule has 4 unspecified atom stereocenters. The summed E-state index contributed by atoms with van der Waals surface area (Å²) in [5.74, 6) is -1.19. The van der Waals surface area contributed by atoms with Gasteiger partial charge in [-0.05, 0) is 117 Å². The molecule has 4 aliphatic carbocycles. The van der Waals surface area contributed by atoms with Gasteiger partial charge in [-0.1, -0.05) is 20.8 Å². The molecule has 0 spiro atoms. The number of rotatable bonds is 20. The molecule has 4 rings (SSSR count). The Balaban J connectivity index is 1.33. The van der Waals surface area contributed by atoms with Gasteiger partial charge in [0.1, 0.15) is 6.04 Å². The number of hydrogen-bond donors (Lipinski definition) is 7. The van der Waals surface area contributed by atoms with Crippen LogP contribution in [0.3, 0.4) is 0 Å². The van der Waals surface area contributed by atoms with Crippen molar-refractivity contribution in [3.63, 3.8) is 0 Å². The van der Waals surface area contributed by atoms with Crippen molar-refractivity contribution in [3.8, 4) is 0 Å². The molecule has 0 aromatic heterocycles. The normalized spacial score (nSPS) is 31.8. The van der Waals surface area contributed by atoms with Crippen LogP contribution < -0.4 is 10.6 Å². The quantitative estimate of drug-likeness (QED) is 0.0937. The number of nitrogens with one attached hydrogen (secondary N) is 2. The summed E-state index contributed by atoms with van der Waals surface area (Å²) in [5, 5.41) is 52.2. The zero-order chi connectivity index (χ0) is 39.1. The number of amides is 2. The Labute approximate surface area is 312 Å². The largest absolute Gasteiger partial charge is 0.481 e. The summed E-state index contributed by atoms with van der Waals surface area (Å²) >= 11 is 0. The van der Waals surface area contributed by atoms with Gasteiger partial charge in [0, 0.05) is 45.1 Å². The van der Waals surface area contributed by atoms with Crippen LogP contribution in [0.25, 0.3) is 0 Å². The lowest BCUT2D eigenvalue weighted by atomic mass is 9.44. The molecule has 0 aromatic rings. The first kappa shape index (κ1) is 42.3. The first-order valence-electron chi connectivity index (χ1n) is 19.5. The average Bonchev–Trinajstić information content (AvgIpc) is 3.42. The van der Waals surface area contributed by atoms with Gasteiger partial charge in [0.15, 0.2) is 0 Å². The molecule has 7 N–H and O–H groups in total. The first-order chi connectivity index (χ1) is 24.9. The molecule has 0 saturated heterocycles. The summed E-state index contributed by atoms with van der Waals surface area (Å²) in [5.41, 5.74) is 0.465. The molecule has 2 amide bonds. The van der Waals surface area contributed by atoms with Crippen molar-refractivity contribution in [2.45, 2.75) is 116 Å². The lowest BCUT2D eigenvalue weighted by Gasteiger charge is -2.61. The fourth-order valence-corrected chi connectivity index (χ4v) is 11.5. The Kier molecular flexibility index (Phi) is 14.6. The van der Waals surface area contributed by atoms with Gasteiger partial charge in [0.2, 0.25) is 5.91 Å². The monoisotopic (exact) mass is 750 g/mol. The van der Waals surface area contributed by atoms with Gasteiger partial charge in [-0.2, -0.15) is 0 Å². The van der Waals surface area contributed by atoms with Crippen LogP contribution in [0.2, 0.25) is 0 Å². The van der Waals surface area contributed by atoms with Gasteiger partial charge in [-0.15, -0.1) is 0 Å². The molecule has 4 saturated carbocycles. The van der Waals surface area contributed by atoms with Crippen molar-refractivity contribution >= 4 is 35.9 Å². The Hall–Kier alpha value is -3.46. The minimum atomic E-state index is -1.29. The molecule has 300 valence electrons. The van der Waals surface area contributed by atoms with Crippen LogP contribution >= 0.6 is 0 Å². The van der Waals surface area contributed by atoms with E-state index in [2.05, 4.69) is 31.4 Å². The zero-order valence-corrected chi connectivity index (χ0v) is 31.6. The van der Waals surface area contributed by atoms with Gasteiger partial charge in [-0.3, -0.25) is 33.8 Å². The lowest BCUT2D eigenvalue weighted by Crippen LogP contribution is -2.55. The second-order valence-corrected chi connectivity index (χ2v) is 17.0. The number of carboxylic acid groups (broad SMARTS) is 5. The predicted molar refractivity (Wildman–Crippen MR) is 193 cm³/mol. The first-order valence-corrected chi connectivity index (χ1v) is 19.5. The highest BCUT2D eigenvalue weighted by Crippen LogP contribution is 2.68. The molecule has 53 heavy (non-hydrogen) atoms. The summed E-state index contributed by atoms with van der Waals surface area (Å²) in [6.45, 7) is 5.80. The van der Waals surface area contributed by atoms with E-state index < -0.39 is 49.1 Å². The number of carboxylic acids is 4. The number of nitrogens with zero attached hydrogens (tertiary/aromatic N) is 2. The van der Waals surface area contributed by atoms with Crippen molar-refractivity contribution in [2.24, 2.45) is 46.3 Å². The second kappa shape index (κ2) is 18.2. The third kappa shape index (κ3) is 10.6. The molecule has 4 aliphatic rings. The van der Waals surface area contributed by atoms with Gasteiger partial charge in [0.25, 0.3) is 0 Å². The summed E-state index contributed by atoms with van der Waals surface area (Å²) in [6.07, 6.45) is 9.45. The lowest BCUT2D eigenvalue weighted by molar-refractivity contribution is -0.146. The van der Waals surface area contributed by atoms with Crippen molar-refractivity contribution < 1.29 is 54.3 Å². The van der Waals surface area contributed by atoms with Crippen LogP contribution in [0.1, 0.15) is 104 Å². The van der Waals surface area contributed by atoms with E-state index in [0.29, 0.717) is 35.5 Å². The summed E-state index contributed by atoms with van der Waals surface area (Å²) in [6, 6.07) is -1.18. The molecule has 15 heteroatoms. The molecule has 0 heterocycles. The highest BCUT2D eigenvalue weighted by Gasteiger charge is 2.60. The predicted octanol–water partition coefficient (Wildman–Crippen LogP) is 3.91. The molecule has 0 aliphatic heterocycles. The molecular weight excluding hydrogens is 688 g/mol. The Morgan fingerprint density at radius 3 is 2.02 bits per heavy atom. The van der Waals surface area contributed by atoms with E-state index in [4.69, 9.17) is 5.11 Å². The fourth-order valence-electron chi connectivity index (χ4n) is 11.5. The highest BCUT2D eigenvalue weighted by molar-refractivity contribution is 5.78. The van der Waals surface area contributed by atoms with E-state index in [1.54, 1.807) is 0 Å². The van der Waals surface area contributed by atoms with Gasteiger partial charge in [0.05, 0.1) is 13.1 Å². The second-order valence-electron chi connectivity index (χ2n) is 17.0. The Bertz CT molecular complexity index is 1330. The summed E-state index contributed by atoms with van der Waals surface area (Å²) in [4.78, 5) is 73.2. The standard InChI is InChI=1S/C38H62N4O11/c1-23(4-11-32(44)45)27-7-8-28-26-6-5-24-20-25(12-14-37(24,2)29(26)13-15-38(27,28)3)40-31(43)10-9-30(35(50)51)42(17-16-39-36(52)53)19-18-41(21-33(46)47)22-34(48)49/h23-30,39H,4-22H2,1-3H3,(H,40,43)(H,44,45)(H,46,47)(H,48,49)(H,50,51)(H,52,53)/t23?,24-,25+,26?,27-,28?,29?,30+,37+,38-/m1/s1. The minimum absolute atomic E-state index is 0.00308. The minimum Gasteiger partial charge on any atom is -0.481 e. The highest BCUT2D eigenvalue weighted by atomic mass is 16.4. The molecule has 0 radical (unpaired) electrons. The van der Waals surface area contributed by atoms with E-state index in [0.717, 1.165) is 37.0 Å². The van der Waals surface area contributed by atoms with Crippen LogP contribution in [-0.2, 0) is 24.0 Å². The topological polar surface area (TPSA) is 234 Å². The number of carbonyl (C=O) groups excluding carboxylic acids is 1. The third-order valence-corrected chi connectivity index (χ3v) is 14.1. The molecule has 15 nitrogen and oxygen atoms in total. The van der Waals surface area contributed by atoms with Crippen LogP contribution in [0.4, 0.5) is 4.79 Å². The van der Waals surface area contributed by atoms with E-state index >= 15 is 0 Å². The van der Waals surface area contributed by atoms with Crippen LogP contribution in [0.5, 0.6) is 0 Å². The maximum Gasteiger partial charge on any atom is 0.404 e. The smallest absolute Gasteiger partial charge is 0.404 e. The van der Waals surface area contributed by atoms with E-state index in [1.165, 1.54) is 37.0 Å². The fraction of sp³-hybridized carbons (Fsp3) is 0.842. The Morgan fingerprint density at radius 2 is 1.40 bits per heavy atom. The average molecular weight is 751 g/mol. The number of aliphatic carboxylic acids is 4. The molecule has 0 bridgehead atoms. The van der Waals surface area contributed by atoms with Crippen molar-refractivity contribution in [1.82, 2.24) is 20.4 Å². The van der Waals surface area contributed by atoms with Crippen LogP contribution in [-0.4, -0.2) is 123 Å². The van der Waals surface area contributed by atoms with Gasteiger partial charge in [-0.25, -0.2) is 4.79 Å². The van der Waals surface area contributed by atoms with Gasteiger partial charge >= 0.3 is 30.0 Å². The van der Waals surface area contributed by atoms with E-state index in [-0.39, 0.29) is 68.2 Å². The van der Waals surface area contributed by atoms with Crippen molar-refractivity contribution in [2.75, 3.05) is 39.3 Å². The van der Waals surface area contributed by atoms with Crippen LogP contribution in [0, 0.1) is 46.3 Å². The van der Waals surface area contributed by atoms with Crippen molar-refractivity contribution in [1.29, 1.82) is 0 Å². The van der Waals surface area contributed by atoms with E-state index in [1.807, 2.05) is 0 Å². The molecule has 10 atom stereocenters. The number of fused-ring (bicyclic) bond motifs is 5. The van der Waals surface area contributed by atoms with E-state index in [9.17, 15) is 49.2 Å². The zero-order valence-electron chi connectivity index (χ0n) is 31.6. The maximum absolute atomic E-state index is 13.3. The van der Waals surface area contributed by atoms with Crippen LogP contribution in [0.15, 0.2) is 0 Å². The maximum atomic E-state index is 13.3. The Morgan fingerprint density at radius 1 is 0.736 bits per heavy atom. The number of hydrogen-bond acceptors (Lipinski definition) is 8. The third-order valence-electron chi connectivity index (χ3n) is 14.1. The summed E-state index contributed by atoms with van der Waals surface area (Å²) < 4.78 is 0. The number of carbonyl (C=O) groups is 6. The summed E-state index contributed by atoms with van der Waals surface area (Å²) in [7, 11) is 0. The molecule has 4 fully saturated rings. The van der Waals surface area contributed by atoms with Crippen molar-refractivity contribution in [3.05, 3.63) is 0 Å². The SMILES string of the molecule is CC(CCC(=O)O)[C@H]1CCC2C3CC[C@@H]4C[C@@H](NC(=O)CC[C@@H](C(=O)O)N(CCNC(=O)O)CCN(CC(=O)O)CC(=O)O)CC[C@]4(C)C3CC[C@@]21C. The molecular formula is C38H62N4O11. The molecule has 0 aromatic carbocycles.